The second-order valence-corrected chi connectivity index (χ2v) is 5.18. The third-order valence-corrected chi connectivity index (χ3v) is 4.13. The van der Waals surface area contributed by atoms with Gasteiger partial charge < -0.3 is 4.90 Å². The summed E-state index contributed by atoms with van der Waals surface area (Å²) in [4.78, 5) is 1.91. The molecular formula is C9H8Cl5N. The molecular weight excluding hydrogens is 299 g/mol. The normalized spacial score (nSPS) is 11.2. The van der Waals surface area contributed by atoms with Crippen LogP contribution in [-0.4, -0.2) is 19.0 Å². The van der Waals surface area contributed by atoms with Crippen molar-refractivity contribution in [1.82, 2.24) is 4.90 Å². The van der Waals surface area contributed by atoms with E-state index < -0.39 is 0 Å². The molecule has 84 valence electrons. The van der Waals surface area contributed by atoms with Crippen LogP contribution >= 0.6 is 58.0 Å². The average molecular weight is 307 g/mol. The topological polar surface area (TPSA) is 3.24 Å². The van der Waals surface area contributed by atoms with Gasteiger partial charge in [0.25, 0.3) is 0 Å². The zero-order valence-corrected chi connectivity index (χ0v) is 11.8. The number of nitrogens with zero attached hydrogens (tertiary/aromatic N) is 1. The maximum absolute atomic E-state index is 6.03. The van der Waals surface area contributed by atoms with Crippen LogP contribution in [0.5, 0.6) is 0 Å². The maximum Gasteiger partial charge on any atom is 0.0809 e. The molecule has 0 saturated heterocycles. The van der Waals surface area contributed by atoms with Gasteiger partial charge in [-0.25, -0.2) is 0 Å². The summed E-state index contributed by atoms with van der Waals surface area (Å²) in [5.74, 6) is 0. The Kier molecular flexibility index (Phi) is 4.85. The van der Waals surface area contributed by atoms with Gasteiger partial charge in [-0.3, -0.25) is 0 Å². The van der Waals surface area contributed by atoms with Gasteiger partial charge in [0.05, 0.1) is 25.1 Å². The van der Waals surface area contributed by atoms with Crippen LogP contribution in [0.1, 0.15) is 5.56 Å². The molecule has 0 N–H and O–H groups in total. The Morgan fingerprint density at radius 1 is 0.733 bits per heavy atom. The van der Waals surface area contributed by atoms with Gasteiger partial charge >= 0.3 is 0 Å². The van der Waals surface area contributed by atoms with Crippen molar-refractivity contribution in [3.8, 4) is 0 Å². The zero-order valence-electron chi connectivity index (χ0n) is 8.04. The highest BCUT2D eigenvalue weighted by Crippen LogP contribution is 2.44. The highest BCUT2D eigenvalue weighted by Gasteiger charge is 2.19. The van der Waals surface area contributed by atoms with Crippen LogP contribution in [0.2, 0.25) is 25.1 Å². The molecule has 1 rings (SSSR count). The predicted molar refractivity (Wildman–Crippen MR) is 68.9 cm³/mol. The second kappa shape index (κ2) is 5.31. The first-order valence-electron chi connectivity index (χ1n) is 4.01. The molecule has 0 amide bonds. The van der Waals surface area contributed by atoms with Crippen molar-refractivity contribution in [2.45, 2.75) is 6.54 Å². The summed E-state index contributed by atoms with van der Waals surface area (Å²) in [5, 5.41) is 1.37. The van der Waals surface area contributed by atoms with E-state index in [1.54, 1.807) is 0 Å². The van der Waals surface area contributed by atoms with Gasteiger partial charge in [0, 0.05) is 12.1 Å². The minimum absolute atomic E-state index is 0.191. The van der Waals surface area contributed by atoms with E-state index in [9.17, 15) is 0 Å². The summed E-state index contributed by atoms with van der Waals surface area (Å²) < 4.78 is 0. The molecule has 0 heterocycles. The van der Waals surface area contributed by atoms with Crippen LogP contribution in [0.3, 0.4) is 0 Å². The van der Waals surface area contributed by atoms with Gasteiger partial charge in [-0.2, -0.15) is 0 Å². The second-order valence-electron chi connectivity index (χ2n) is 3.29. The lowest BCUT2D eigenvalue weighted by molar-refractivity contribution is 0.402. The molecule has 1 aromatic rings. The van der Waals surface area contributed by atoms with Crippen molar-refractivity contribution in [3.05, 3.63) is 30.7 Å². The Morgan fingerprint density at radius 2 is 1.07 bits per heavy atom. The standard InChI is InChI=1S/C9H8Cl5N/c1-15(2)3-4-5(10)7(12)9(14)8(13)6(4)11/h3H2,1-2H3. The van der Waals surface area contributed by atoms with E-state index in [0.29, 0.717) is 22.2 Å². The molecule has 1 nitrogen and oxygen atoms in total. The first kappa shape index (κ1) is 13.7. The minimum Gasteiger partial charge on any atom is -0.305 e. The summed E-state index contributed by atoms with van der Waals surface area (Å²) in [7, 11) is 3.78. The number of hydrogen-bond donors (Lipinski definition) is 0. The van der Waals surface area contributed by atoms with Gasteiger partial charge in [-0.05, 0) is 14.1 Å². The molecule has 0 aliphatic carbocycles. The number of halogens is 5. The van der Waals surface area contributed by atoms with Crippen molar-refractivity contribution in [2.75, 3.05) is 14.1 Å². The summed E-state index contributed by atoms with van der Waals surface area (Å²) in [6.45, 7) is 0.550. The molecule has 15 heavy (non-hydrogen) atoms. The average Bonchev–Trinajstić information content (AvgIpc) is 2.18. The van der Waals surface area contributed by atoms with Gasteiger partial charge in [0.15, 0.2) is 0 Å². The Morgan fingerprint density at radius 3 is 1.40 bits per heavy atom. The first-order chi connectivity index (χ1) is 6.86. The molecule has 0 aromatic heterocycles. The molecule has 1 aromatic carbocycles. The molecule has 6 heteroatoms. The van der Waals surface area contributed by atoms with E-state index in [-0.39, 0.29) is 15.1 Å². The summed E-state index contributed by atoms with van der Waals surface area (Å²) in [6, 6.07) is 0. The van der Waals surface area contributed by atoms with Crippen molar-refractivity contribution < 1.29 is 0 Å². The largest absolute Gasteiger partial charge is 0.305 e. The smallest absolute Gasteiger partial charge is 0.0809 e. The monoisotopic (exact) mass is 305 g/mol. The van der Waals surface area contributed by atoms with Crippen LogP contribution < -0.4 is 0 Å². The fourth-order valence-electron chi connectivity index (χ4n) is 1.11. The molecule has 0 atom stereocenters. The minimum atomic E-state index is 0.191. The molecule has 0 unspecified atom stereocenters. The highest BCUT2D eigenvalue weighted by molar-refractivity contribution is 6.55. The summed E-state index contributed by atoms with van der Waals surface area (Å²) in [5.41, 5.74) is 0.683. The Bertz CT molecular complexity index is 360. The van der Waals surface area contributed by atoms with Gasteiger partial charge in [-0.15, -0.1) is 0 Å². The summed E-state index contributed by atoms with van der Waals surface area (Å²) in [6.07, 6.45) is 0. The lowest BCUT2D eigenvalue weighted by Crippen LogP contribution is -2.11. The van der Waals surface area contributed by atoms with E-state index >= 15 is 0 Å². The van der Waals surface area contributed by atoms with Crippen LogP contribution in [-0.2, 0) is 6.54 Å². The predicted octanol–water partition coefficient (Wildman–Crippen LogP) is 5.02. The van der Waals surface area contributed by atoms with Gasteiger partial charge in [-0.1, -0.05) is 58.0 Å². The van der Waals surface area contributed by atoms with Crippen molar-refractivity contribution in [2.24, 2.45) is 0 Å². The van der Waals surface area contributed by atoms with E-state index in [2.05, 4.69) is 0 Å². The van der Waals surface area contributed by atoms with Gasteiger partial charge in [0.1, 0.15) is 0 Å². The third-order valence-electron chi connectivity index (χ3n) is 1.78. The fourth-order valence-corrected chi connectivity index (χ4v) is 2.40. The lowest BCUT2D eigenvalue weighted by Gasteiger charge is -2.15. The number of hydrogen-bond acceptors (Lipinski definition) is 1. The molecule has 0 saturated carbocycles. The van der Waals surface area contributed by atoms with E-state index in [1.165, 1.54) is 0 Å². The van der Waals surface area contributed by atoms with E-state index in [0.717, 1.165) is 0 Å². The lowest BCUT2D eigenvalue weighted by atomic mass is 10.2. The van der Waals surface area contributed by atoms with Crippen molar-refractivity contribution in [1.29, 1.82) is 0 Å². The Hall–Kier alpha value is 0.630. The SMILES string of the molecule is CN(C)Cc1c(Cl)c(Cl)c(Cl)c(Cl)c1Cl. The van der Waals surface area contributed by atoms with Crippen molar-refractivity contribution in [3.63, 3.8) is 0 Å². The van der Waals surface area contributed by atoms with Gasteiger partial charge in [0.2, 0.25) is 0 Å². The quantitative estimate of drug-likeness (QED) is 0.548. The highest BCUT2D eigenvalue weighted by atomic mass is 35.5. The van der Waals surface area contributed by atoms with E-state index in [4.69, 9.17) is 58.0 Å². The summed E-state index contributed by atoms with van der Waals surface area (Å²) >= 11 is 29.8. The van der Waals surface area contributed by atoms with Crippen molar-refractivity contribution >= 4 is 58.0 Å². The number of rotatable bonds is 2. The zero-order chi connectivity index (χ0) is 11.7. The molecule has 0 aliphatic rings. The molecule has 0 radical (unpaired) electrons. The third kappa shape index (κ3) is 2.85. The molecule has 0 aliphatic heterocycles. The molecule has 0 fully saturated rings. The number of benzene rings is 1. The van der Waals surface area contributed by atoms with Crippen LogP contribution in [0.15, 0.2) is 0 Å². The van der Waals surface area contributed by atoms with Crippen LogP contribution in [0.25, 0.3) is 0 Å². The van der Waals surface area contributed by atoms with Crippen LogP contribution in [0.4, 0.5) is 0 Å². The van der Waals surface area contributed by atoms with E-state index in [1.807, 2.05) is 19.0 Å². The Balaban J connectivity index is 3.39. The molecule has 0 spiro atoms. The first-order valence-corrected chi connectivity index (χ1v) is 5.90. The molecule has 0 bridgehead atoms. The maximum atomic E-state index is 6.03. The van der Waals surface area contributed by atoms with Crippen LogP contribution in [0, 0.1) is 0 Å². The Labute approximate surface area is 114 Å². The fraction of sp³-hybridized carbons (Fsp3) is 0.333.